The molecule has 5 heteroatoms. The van der Waals surface area contributed by atoms with Crippen molar-refractivity contribution < 1.29 is 9.32 Å². The first-order valence-corrected chi connectivity index (χ1v) is 7.37. The fourth-order valence-corrected chi connectivity index (χ4v) is 3.16. The monoisotopic (exact) mass is 279 g/mol. The number of hydrogen-bond acceptors (Lipinski definition) is 4. The molecule has 1 amide bonds. The Morgan fingerprint density at radius 2 is 2.15 bits per heavy atom. The molecule has 2 atom stereocenters. The van der Waals surface area contributed by atoms with Crippen LogP contribution in [0, 0.1) is 13.8 Å². The van der Waals surface area contributed by atoms with Crippen molar-refractivity contribution in [3.63, 3.8) is 0 Å². The van der Waals surface area contributed by atoms with E-state index in [4.69, 9.17) is 4.52 Å². The van der Waals surface area contributed by atoms with Gasteiger partial charge in [-0.25, -0.2) is 0 Å². The molecule has 0 aliphatic carbocycles. The van der Waals surface area contributed by atoms with Gasteiger partial charge in [0.15, 0.2) is 0 Å². The van der Waals surface area contributed by atoms with Crippen molar-refractivity contribution in [3.8, 4) is 0 Å². The molecule has 5 nitrogen and oxygen atoms in total. The zero-order chi connectivity index (χ0) is 14.9. The van der Waals surface area contributed by atoms with E-state index in [1.807, 2.05) is 18.7 Å². The van der Waals surface area contributed by atoms with Crippen LogP contribution in [0.15, 0.2) is 4.52 Å². The maximum Gasteiger partial charge on any atom is 0.230 e. The Balaban J connectivity index is 2.22. The Hall–Kier alpha value is -1.36. The van der Waals surface area contributed by atoms with E-state index in [0.29, 0.717) is 0 Å². The van der Waals surface area contributed by atoms with Gasteiger partial charge in [-0.2, -0.15) is 0 Å². The van der Waals surface area contributed by atoms with Crippen LogP contribution in [-0.4, -0.2) is 53.6 Å². The van der Waals surface area contributed by atoms with E-state index < -0.39 is 0 Å². The summed E-state index contributed by atoms with van der Waals surface area (Å²) in [7, 11) is 2.10. The SMILES string of the molecule is CCC(C(=O)N1CCN(C)CC1C)c1c(C)noc1C. The van der Waals surface area contributed by atoms with Crippen molar-refractivity contribution in [1.29, 1.82) is 0 Å². The third-order valence-electron chi connectivity index (χ3n) is 4.26. The quantitative estimate of drug-likeness (QED) is 0.848. The number of carbonyl (C=O) groups is 1. The molecule has 1 fully saturated rings. The minimum absolute atomic E-state index is 0.132. The van der Waals surface area contributed by atoms with Crippen molar-refractivity contribution in [2.24, 2.45) is 0 Å². The summed E-state index contributed by atoms with van der Waals surface area (Å²) in [6, 6.07) is 0.260. The molecule has 2 heterocycles. The van der Waals surface area contributed by atoms with Crippen molar-refractivity contribution in [1.82, 2.24) is 15.0 Å². The van der Waals surface area contributed by atoms with Gasteiger partial charge in [0, 0.05) is 31.2 Å². The van der Waals surface area contributed by atoms with E-state index in [2.05, 4.69) is 31.0 Å². The minimum Gasteiger partial charge on any atom is -0.361 e. The number of aryl methyl sites for hydroxylation is 2. The summed E-state index contributed by atoms with van der Waals surface area (Å²) in [5.74, 6) is 0.846. The number of piperazine rings is 1. The maximum absolute atomic E-state index is 12.9. The van der Waals surface area contributed by atoms with Gasteiger partial charge in [0.05, 0.1) is 11.6 Å². The van der Waals surface area contributed by atoms with E-state index in [9.17, 15) is 4.79 Å². The Bertz CT molecular complexity index is 464. The molecular weight excluding hydrogens is 254 g/mol. The van der Waals surface area contributed by atoms with Gasteiger partial charge in [0.1, 0.15) is 5.76 Å². The average molecular weight is 279 g/mol. The van der Waals surface area contributed by atoms with Gasteiger partial charge in [-0.15, -0.1) is 0 Å². The summed E-state index contributed by atoms with van der Waals surface area (Å²) in [5, 5.41) is 3.99. The summed E-state index contributed by atoms with van der Waals surface area (Å²) >= 11 is 0. The fraction of sp³-hybridized carbons (Fsp3) is 0.733. The molecule has 0 spiro atoms. The number of aromatic nitrogens is 1. The van der Waals surface area contributed by atoms with E-state index in [0.717, 1.165) is 43.1 Å². The van der Waals surface area contributed by atoms with Gasteiger partial charge in [0.2, 0.25) is 5.91 Å². The number of amides is 1. The third-order valence-corrected chi connectivity index (χ3v) is 4.26. The van der Waals surface area contributed by atoms with Gasteiger partial charge < -0.3 is 14.3 Å². The molecule has 0 bridgehead atoms. The molecule has 0 N–H and O–H groups in total. The van der Waals surface area contributed by atoms with Crippen LogP contribution in [0.1, 0.15) is 43.2 Å². The van der Waals surface area contributed by atoms with Crippen molar-refractivity contribution >= 4 is 5.91 Å². The number of likely N-dealkylation sites (N-methyl/N-ethyl adjacent to an activating group) is 1. The summed E-state index contributed by atoms with van der Waals surface area (Å²) in [4.78, 5) is 17.2. The summed E-state index contributed by atoms with van der Waals surface area (Å²) in [6.45, 7) is 10.6. The Morgan fingerprint density at radius 1 is 1.45 bits per heavy atom. The first-order chi connectivity index (χ1) is 9.45. The normalized spacial score (nSPS) is 22.1. The molecule has 1 aromatic heterocycles. The van der Waals surface area contributed by atoms with Crippen LogP contribution in [0.4, 0.5) is 0 Å². The number of hydrogen-bond donors (Lipinski definition) is 0. The van der Waals surface area contributed by atoms with Gasteiger partial charge >= 0.3 is 0 Å². The fourth-order valence-electron chi connectivity index (χ4n) is 3.16. The first kappa shape index (κ1) is 15.0. The van der Waals surface area contributed by atoms with Gasteiger partial charge in [-0.05, 0) is 34.2 Å². The topological polar surface area (TPSA) is 49.6 Å². The Labute approximate surface area is 120 Å². The second-order valence-electron chi connectivity index (χ2n) is 5.84. The highest BCUT2D eigenvalue weighted by Gasteiger charge is 2.33. The molecule has 1 aliphatic rings. The molecule has 0 saturated carbocycles. The predicted molar refractivity (Wildman–Crippen MR) is 77.7 cm³/mol. The molecule has 2 unspecified atom stereocenters. The standard InChI is InChI=1S/C15H25N3O2/c1-6-13(14-11(3)16-20-12(14)4)15(19)18-8-7-17(5)9-10(18)2/h10,13H,6-9H2,1-5H3. The molecular formula is C15H25N3O2. The van der Waals surface area contributed by atoms with Crippen molar-refractivity contribution in [3.05, 3.63) is 17.0 Å². The van der Waals surface area contributed by atoms with Crippen LogP contribution < -0.4 is 0 Å². The lowest BCUT2D eigenvalue weighted by atomic mass is 9.92. The van der Waals surface area contributed by atoms with E-state index >= 15 is 0 Å². The van der Waals surface area contributed by atoms with Crippen molar-refractivity contribution in [2.75, 3.05) is 26.7 Å². The number of nitrogens with zero attached hydrogens (tertiary/aromatic N) is 3. The van der Waals surface area contributed by atoms with E-state index in [1.54, 1.807) is 0 Å². The third kappa shape index (κ3) is 2.73. The average Bonchev–Trinajstić information content (AvgIpc) is 2.71. The number of rotatable bonds is 3. The Kier molecular flexibility index (Phi) is 4.48. The molecule has 1 aromatic rings. The molecule has 20 heavy (non-hydrogen) atoms. The van der Waals surface area contributed by atoms with Crippen LogP contribution in [0.5, 0.6) is 0 Å². The van der Waals surface area contributed by atoms with Crippen LogP contribution >= 0.6 is 0 Å². The minimum atomic E-state index is -0.132. The molecule has 2 rings (SSSR count). The first-order valence-electron chi connectivity index (χ1n) is 7.37. The van der Waals surface area contributed by atoms with E-state index in [1.165, 1.54) is 0 Å². The lowest BCUT2D eigenvalue weighted by Crippen LogP contribution is -2.53. The Morgan fingerprint density at radius 3 is 2.65 bits per heavy atom. The van der Waals surface area contributed by atoms with Gasteiger partial charge in [-0.3, -0.25) is 4.79 Å². The van der Waals surface area contributed by atoms with Gasteiger partial charge in [0.25, 0.3) is 0 Å². The number of carbonyl (C=O) groups excluding carboxylic acids is 1. The molecule has 1 saturated heterocycles. The van der Waals surface area contributed by atoms with E-state index in [-0.39, 0.29) is 17.9 Å². The molecule has 0 aromatic carbocycles. The predicted octanol–water partition coefficient (Wildman–Crippen LogP) is 1.95. The highest BCUT2D eigenvalue weighted by atomic mass is 16.5. The lowest BCUT2D eigenvalue weighted by molar-refractivity contribution is -0.137. The van der Waals surface area contributed by atoms with Gasteiger partial charge in [-0.1, -0.05) is 12.1 Å². The summed E-state index contributed by atoms with van der Waals surface area (Å²) in [5.41, 5.74) is 1.81. The highest BCUT2D eigenvalue weighted by molar-refractivity contribution is 5.84. The summed E-state index contributed by atoms with van der Waals surface area (Å²) < 4.78 is 5.23. The summed E-state index contributed by atoms with van der Waals surface area (Å²) in [6.07, 6.45) is 0.779. The smallest absolute Gasteiger partial charge is 0.230 e. The zero-order valence-electron chi connectivity index (χ0n) is 13.1. The molecule has 0 radical (unpaired) electrons. The van der Waals surface area contributed by atoms with Crippen LogP contribution in [0.3, 0.4) is 0 Å². The second-order valence-corrected chi connectivity index (χ2v) is 5.84. The van der Waals surface area contributed by atoms with Crippen LogP contribution in [0.2, 0.25) is 0 Å². The maximum atomic E-state index is 12.9. The van der Waals surface area contributed by atoms with Crippen LogP contribution in [-0.2, 0) is 4.79 Å². The van der Waals surface area contributed by atoms with Crippen molar-refractivity contribution in [2.45, 2.75) is 46.1 Å². The second kappa shape index (κ2) is 5.95. The largest absolute Gasteiger partial charge is 0.361 e. The van der Waals surface area contributed by atoms with Crippen LogP contribution in [0.25, 0.3) is 0 Å². The highest BCUT2D eigenvalue weighted by Crippen LogP contribution is 2.29. The molecule has 1 aliphatic heterocycles. The lowest BCUT2D eigenvalue weighted by Gasteiger charge is -2.39. The zero-order valence-corrected chi connectivity index (χ0v) is 13.1. The molecule has 112 valence electrons.